The van der Waals surface area contributed by atoms with Crippen molar-refractivity contribution >= 4 is 6.29 Å². The highest BCUT2D eigenvalue weighted by Crippen LogP contribution is 2.09. The SMILES string of the molecule is C/[13CH]=C/C=C/C[C@H](C)CCC=O. The number of hydrogen-bond acceptors (Lipinski definition) is 1. The molecule has 0 aromatic heterocycles. The molecule has 0 aromatic rings. The second-order valence-electron chi connectivity index (χ2n) is 3.04. The first-order valence-corrected chi connectivity index (χ1v) is 4.52. The van der Waals surface area contributed by atoms with Crippen molar-refractivity contribution in [2.75, 3.05) is 0 Å². The predicted octanol–water partition coefficient (Wildman–Crippen LogP) is 3.12. The third-order valence-corrected chi connectivity index (χ3v) is 1.76. The Kier molecular flexibility index (Phi) is 7.66. The van der Waals surface area contributed by atoms with Crippen molar-refractivity contribution in [3.8, 4) is 0 Å². The van der Waals surface area contributed by atoms with Gasteiger partial charge in [-0.15, -0.1) is 0 Å². The molecule has 68 valence electrons. The van der Waals surface area contributed by atoms with Gasteiger partial charge >= 0.3 is 0 Å². The van der Waals surface area contributed by atoms with E-state index in [1.54, 1.807) is 0 Å². The Labute approximate surface area is 75.2 Å². The summed E-state index contributed by atoms with van der Waals surface area (Å²) in [7, 11) is 0. The Morgan fingerprint density at radius 2 is 2.08 bits per heavy atom. The van der Waals surface area contributed by atoms with E-state index in [-0.39, 0.29) is 0 Å². The minimum Gasteiger partial charge on any atom is -0.303 e. The molecule has 0 rings (SSSR count). The normalized spacial score (nSPS) is 14.2. The first kappa shape index (κ1) is 11.2. The fraction of sp³-hybridized carbons (Fsp3) is 0.545. The number of rotatable bonds is 6. The third-order valence-electron chi connectivity index (χ3n) is 1.76. The topological polar surface area (TPSA) is 17.1 Å². The molecule has 0 amide bonds. The van der Waals surface area contributed by atoms with Gasteiger partial charge in [-0.25, -0.2) is 0 Å². The highest BCUT2D eigenvalue weighted by molar-refractivity contribution is 5.49. The molecule has 1 atom stereocenters. The van der Waals surface area contributed by atoms with Crippen LogP contribution in [0.25, 0.3) is 0 Å². The largest absolute Gasteiger partial charge is 0.303 e. The maximum Gasteiger partial charge on any atom is 0.120 e. The molecule has 0 unspecified atom stereocenters. The molecule has 12 heavy (non-hydrogen) atoms. The summed E-state index contributed by atoms with van der Waals surface area (Å²) >= 11 is 0. The van der Waals surface area contributed by atoms with Gasteiger partial charge in [-0.05, 0) is 25.7 Å². The molecule has 0 aliphatic rings. The van der Waals surface area contributed by atoms with E-state index in [1.807, 2.05) is 19.1 Å². The van der Waals surface area contributed by atoms with Crippen molar-refractivity contribution < 1.29 is 4.79 Å². The molecule has 1 heteroatoms. The van der Waals surface area contributed by atoms with Crippen LogP contribution in [0.1, 0.15) is 33.1 Å². The van der Waals surface area contributed by atoms with Crippen molar-refractivity contribution in [3.63, 3.8) is 0 Å². The Balaban J connectivity index is 3.41. The lowest BCUT2D eigenvalue weighted by atomic mass is 10.0. The molecular formula is C11H18O. The minimum atomic E-state index is 0.622. The van der Waals surface area contributed by atoms with Crippen molar-refractivity contribution in [3.05, 3.63) is 24.3 Å². The van der Waals surface area contributed by atoms with E-state index in [2.05, 4.69) is 19.1 Å². The quantitative estimate of drug-likeness (QED) is 0.337. The summed E-state index contributed by atoms with van der Waals surface area (Å²) in [5, 5.41) is 0. The van der Waals surface area contributed by atoms with E-state index in [0.29, 0.717) is 12.3 Å². The lowest BCUT2D eigenvalue weighted by Crippen LogP contribution is -1.92. The smallest absolute Gasteiger partial charge is 0.120 e. The van der Waals surface area contributed by atoms with Gasteiger partial charge in [-0.3, -0.25) is 0 Å². The van der Waals surface area contributed by atoms with E-state index in [1.165, 1.54) is 0 Å². The van der Waals surface area contributed by atoms with E-state index in [4.69, 9.17) is 0 Å². The van der Waals surface area contributed by atoms with Gasteiger partial charge < -0.3 is 4.79 Å². The molecule has 0 heterocycles. The van der Waals surface area contributed by atoms with Crippen molar-refractivity contribution in [1.29, 1.82) is 0 Å². The molecule has 0 aliphatic carbocycles. The highest BCUT2D eigenvalue weighted by atomic mass is 16.1. The average molecular weight is 167 g/mol. The first-order chi connectivity index (χ1) is 5.81. The Morgan fingerprint density at radius 3 is 2.67 bits per heavy atom. The Morgan fingerprint density at radius 1 is 1.33 bits per heavy atom. The van der Waals surface area contributed by atoms with Gasteiger partial charge in [0.15, 0.2) is 0 Å². The number of aldehydes is 1. The van der Waals surface area contributed by atoms with Crippen LogP contribution in [0.15, 0.2) is 24.3 Å². The van der Waals surface area contributed by atoms with Gasteiger partial charge in [-0.1, -0.05) is 31.2 Å². The van der Waals surface area contributed by atoms with Crippen molar-refractivity contribution in [1.82, 2.24) is 0 Å². The zero-order valence-corrected chi connectivity index (χ0v) is 7.99. The molecule has 0 saturated carbocycles. The summed E-state index contributed by atoms with van der Waals surface area (Å²) in [6, 6.07) is 0. The standard InChI is InChI=1S/C11H18O/c1-3-4-5-6-8-11(2)9-7-10-12/h3-6,10-11H,7-9H2,1-2H3/b4-3+,6-5+/t11-/m0/s1/i3+1. The molecule has 0 fully saturated rings. The maximum atomic E-state index is 10.1. The lowest BCUT2D eigenvalue weighted by molar-refractivity contribution is -0.108. The average Bonchev–Trinajstić information content (AvgIpc) is 2.09. The van der Waals surface area contributed by atoms with Crippen LogP contribution in [-0.4, -0.2) is 6.29 Å². The van der Waals surface area contributed by atoms with Crippen LogP contribution in [0, 0.1) is 5.92 Å². The summed E-state index contributed by atoms with van der Waals surface area (Å²) in [6.07, 6.45) is 12.0. The number of allylic oxidation sites excluding steroid dienone is 4. The summed E-state index contributed by atoms with van der Waals surface area (Å²) in [4.78, 5) is 10.1. The van der Waals surface area contributed by atoms with Gasteiger partial charge in [0, 0.05) is 6.42 Å². The highest BCUT2D eigenvalue weighted by Gasteiger charge is 1.97. The molecule has 0 saturated heterocycles. The van der Waals surface area contributed by atoms with Crippen LogP contribution >= 0.6 is 0 Å². The predicted molar refractivity (Wildman–Crippen MR) is 53.0 cm³/mol. The van der Waals surface area contributed by atoms with Gasteiger partial charge in [0.25, 0.3) is 0 Å². The monoisotopic (exact) mass is 167 g/mol. The maximum absolute atomic E-state index is 10.1. The van der Waals surface area contributed by atoms with Crippen LogP contribution in [0.4, 0.5) is 0 Å². The van der Waals surface area contributed by atoms with Gasteiger partial charge in [0.2, 0.25) is 0 Å². The minimum absolute atomic E-state index is 0.622. The fourth-order valence-electron chi connectivity index (χ4n) is 0.971. The molecule has 0 spiro atoms. The Hall–Kier alpha value is -0.850. The van der Waals surface area contributed by atoms with E-state index < -0.39 is 0 Å². The molecule has 0 bridgehead atoms. The van der Waals surface area contributed by atoms with Gasteiger partial charge in [0.05, 0.1) is 0 Å². The van der Waals surface area contributed by atoms with E-state index in [9.17, 15) is 4.79 Å². The van der Waals surface area contributed by atoms with Crippen LogP contribution in [0.2, 0.25) is 0 Å². The van der Waals surface area contributed by atoms with Gasteiger partial charge in [-0.2, -0.15) is 0 Å². The fourth-order valence-corrected chi connectivity index (χ4v) is 0.971. The number of carbonyl (C=O) groups excluding carboxylic acids is 1. The van der Waals surface area contributed by atoms with Crippen LogP contribution in [0.5, 0.6) is 0 Å². The van der Waals surface area contributed by atoms with E-state index in [0.717, 1.165) is 19.1 Å². The molecule has 0 N–H and O–H groups in total. The molecular weight excluding hydrogens is 149 g/mol. The molecule has 0 aliphatic heterocycles. The van der Waals surface area contributed by atoms with Crippen molar-refractivity contribution in [2.24, 2.45) is 5.92 Å². The molecule has 0 aromatic carbocycles. The molecule has 1 nitrogen and oxygen atoms in total. The zero-order valence-electron chi connectivity index (χ0n) is 7.99. The van der Waals surface area contributed by atoms with Crippen LogP contribution < -0.4 is 0 Å². The van der Waals surface area contributed by atoms with Crippen LogP contribution in [0.3, 0.4) is 0 Å². The van der Waals surface area contributed by atoms with Crippen LogP contribution in [-0.2, 0) is 4.79 Å². The van der Waals surface area contributed by atoms with Crippen molar-refractivity contribution in [2.45, 2.75) is 33.1 Å². The summed E-state index contributed by atoms with van der Waals surface area (Å²) in [6.45, 7) is 4.17. The lowest BCUT2D eigenvalue weighted by Gasteiger charge is -2.03. The second kappa shape index (κ2) is 8.25. The number of hydrogen-bond donors (Lipinski definition) is 0. The van der Waals surface area contributed by atoms with E-state index >= 15 is 0 Å². The summed E-state index contributed by atoms with van der Waals surface area (Å²) < 4.78 is 0. The first-order valence-electron chi connectivity index (χ1n) is 4.52. The third kappa shape index (κ3) is 7.26. The summed E-state index contributed by atoms with van der Waals surface area (Å²) in [5.74, 6) is 0.622. The molecule has 0 radical (unpaired) electrons. The van der Waals surface area contributed by atoms with Gasteiger partial charge in [0.1, 0.15) is 6.29 Å². The zero-order chi connectivity index (χ0) is 9.23. The summed E-state index contributed by atoms with van der Waals surface area (Å²) in [5.41, 5.74) is 0. The number of carbonyl (C=O) groups is 1. The Bertz CT molecular complexity index is 156. The second-order valence-corrected chi connectivity index (χ2v) is 3.04.